The van der Waals surface area contributed by atoms with Gasteiger partial charge >= 0.3 is 5.76 Å². The number of nitro benzene ring substituents is 1. The maximum atomic E-state index is 12.9. The lowest BCUT2D eigenvalue weighted by Gasteiger charge is -2.15. The molecule has 0 radical (unpaired) electrons. The Morgan fingerprint density at radius 1 is 1.19 bits per heavy atom. The number of anilines is 2. The number of amides is 1. The molecule has 2 N–H and O–H groups in total. The number of aromatic nitrogens is 2. The number of pyridine rings is 1. The van der Waals surface area contributed by atoms with Crippen molar-refractivity contribution in [1.29, 1.82) is 0 Å². The third-order valence-corrected chi connectivity index (χ3v) is 5.66. The Hall–Kier alpha value is -4.51. The molecule has 4 aromatic rings. The number of oxazole rings is 1. The maximum Gasteiger partial charge on any atom is 0.419 e. The normalized spacial score (nSPS) is 12.0. The van der Waals surface area contributed by atoms with E-state index in [1.54, 1.807) is 30.5 Å². The van der Waals surface area contributed by atoms with Crippen LogP contribution < -0.4 is 16.4 Å². The van der Waals surface area contributed by atoms with Gasteiger partial charge in [-0.05, 0) is 63.5 Å². The summed E-state index contributed by atoms with van der Waals surface area (Å²) in [5.74, 6) is -0.999. The fraction of sp³-hybridized carbons (Fsp3) is 0.240. The number of hydrogen-bond donors (Lipinski definition) is 2. The van der Waals surface area contributed by atoms with E-state index >= 15 is 0 Å². The van der Waals surface area contributed by atoms with Crippen molar-refractivity contribution in [3.05, 3.63) is 92.7 Å². The number of carbonyl (C=O) groups excluding carboxylic acids is 1. The van der Waals surface area contributed by atoms with E-state index in [9.17, 15) is 19.7 Å². The van der Waals surface area contributed by atoms with Crippen LogP contribution in [0.15, 0.2) is 70.0 Å². The lowest BCUT2D eigenvalue weighted by Crippen LogP contribution is -2.23. The van der Waals surface area contributed by atoms with Crippen LogP contribution in [0.5, 0.6) is 0 Å². The van der Waals surface area contributed by atoms with E-state index in [0.717, 1.165) is 5.69 Å². The number of nitro groups is 1. The Bertz CT molecular complexity index is 1460. The topological polar surface area (TPSA) is 136 Å². The highest BCUT2D eigenvalue weighted by Gasteiger charge is 2.20. The molecule has 0 aliphatic carbocycles. The summed E-state index contributed by atoms with van der Waals surface area (Å²) in [6.07, 6.45) is 1.65. The van der Waals surface area contributed by atoms with E-state index in [0.29, 0.717) is 29.9 Å². The third kappa shape index (κ3) is 5.41. The summed E-state index contributed by atoms with van der Waals surface area (Å²) >= 11 is 0. The fourth-order valence-electron chi connectivity index (χ4n) is 3.74. The van der Waals surface area contributed by atoms with Crippen LogP contribution in [-0.2, 0) is 6.54 Å². The van der Waals surface area contributed by atoms with Gasteiger partial charge in [-0.3, -0.25) is 24.5 Å². The number of nitrogens with one attached hydrogen (secondary N) is 2. The van der Waals surface area contributed by atoms with Crippen molar-refractivity contribution in [2.24, 2.45) is 0 Å². The molecule has 11 nitrogen and oxygen atoms in total. The molecule has 0 spiro atoms. The summed E-state index contributed by atoms with van der Waals surface area (Å²) in [6, 6.07) is 14.3. The Kier molecular flexibility index (Phi) is 7.11. The lowest BCUT2D eigenvalue weighted by molar-refractivity contribution is -0.384. The maximum absolute atomic E-state index is 12.9. The first-order valence-corrected chi connectivity index (χ1v) is 11.3. The number of rotatable bonds is 9. The number of likely N-dealkylation sites (N-methyl/N-ethyl adjacent to an activating group) is 1. The molecule has 1 amide bonds. The molecule has 0 aliphatic rings. The molecule has 0 aliphatic heterocycles. The number of benzene rings is 2. The molecule has 1 unspecified atom stereocenters. The van der Waals surface area contributed by atoms with Gasteiger partial charge in [-0.25, -0.2) is 4.79 Å². The zero-order valence-electron chi connectivity index (χ0n) is 20.1. The van der Waals surface area contributed by atoms with Gasteiger partial charge in [0.15, 0.2) is 5.58 Å². The van der Waals surface area contributed by atoms with Crippen molar-refractivity contribution in [3.63, 3.8) is 0 Å². The minimum absolute atomic E-state index is 0.120. The molecule has 0 bridgehead atoms. The van der Waals surface area contributed by atoms with Crippen LogP contribution in [-0.4, -0.2) is 45.9 Å². The molecule has 186 valence electrons. The Labute approximate surface area is 206 Å². The van der Waals surface area contributed by atoms with Crippen molar-refractivity contribution in [3.8, 4) is 0 Å². The van der Waals surface area contributed by atoms with Gasteiger partial charge in [0.25, 0.3) is 11.6 Å². The van der Waals surface area contributed by atoms with Gasteiger partial charge in [0.1, 0.15) is 5.69 Å². The van der Waals surface area contributed by atoms with Crippen LogP contribution in [0, 0.1) is 10.1 Å². The second-order valence-corrected chi connectivity index (χ2v) is 8.57. The lowest BCUT2D eigenvalue weighted by atomic mass is 10.1. The van der Waals surface area contributed by atoms with Crippen LogP contribution in [0.4, 0.5) is 17.1 Å². The summed E-state index contributed by atoms with van der Waals surface area (Å²) < 4.78 is 6.78. The van der Waals surface area contributed by atoms with Crippen LogP contribution in [0.25, 0.3) is 11.1 Å². The zero-order chi connectivity index (χ0) is 25.8. The van der Waals surface area contributed by atoms with Crippen molar-refractivity contribution >= 4 is 34.1 Å². The van der Waals surface area contributed by atoms with Crippen LogP contribution in [0.3, 0.4) is 0 Å². The van der Waals surface area contributed by atoms with Gasteiger partial charge in [0.2, 0.25) is 0 Å². The molecule has 2 heterocycles. The molecule has 2 aromatic carbocycles. The first-order valence-electron chi connectivity index (χ1n) is 11.3. The predicted molar refractivity (Wildman–Crippen MR) is 136 cm³/mol. The van der Waals surface area contributed by atoms with E-state index in [-0.39, 0.29) is 23.0 Å². The highest BCUT2D eigenvalue weighted by molar-refractivity contribution is 6.05. The molecular formula is C25H26N6O5. The van der Waals surface area contributed by atoms with E-state index in [2.05, 4.69) is 15.6 Å². The van der Waals surface area contributed by atoms with Crippen molar-refractivity contribution in [1.82, 2.24) is 14.5 Å². The number of nitrogens with zero attached hydrogens (tertiary/aromatic N) is 4. The summed E-state index contributed by atoms with van der Waals surface area (Å²) in [6.45, 7) is 2.90. The van der Waals surface area contributed by atoms with Gasteiger partial charge in [-0.15, -0.1) is 0 Å². The summed E-state index contributed by atoms with van der Waals surface area (Å²) in [5.41, 5.74) is 2.29. The highest BCUT2D eigenvalue weighted by Crippen LogP contribution is 2.29. The highest BCUT2D eigenvalue weighted by atomic mass is 16.6. The van der Waals surface area contributed by atoms with Crippen molar-refractivity contribution < 1.29 is 14.1 Å². The van der Waals surface area contributed by atoms with Gasteiger partial charge in [-0.2, -0.15) is 0 Å². The van der Waals surface area contributed by atoms with Crippen LogP contribution >= 0.6 is 0 Å². The summed E-state index contributed by atoms with van der Waals surface area (Å²) in [4.78, 5) is 42.6. The second kappa shape index (κ2) is 10.4. The monoisotopic (exact) mass is 490 g/mol. The zero-order valence-corrected chi connectivity index (χ0v) is 20.1. The first-order chi connectivity index (χ1) is 17.2. The third-order valence-electron chi connectivity index (χ3n) is 5.66. The molecule has 1 atom stereocenters. The molecule has 0 saturated heterocycles. The molecule has 0 fully saturated rings. The Morgan fingerprint density at radius 3 is 2.69 bits per heavy atom. The van der Waals surface area contributed by atoms with E-state index in [4.69, 9.17) is 4.42 Å². The quantitative estimate of drug-likeness (QED) is 0.266. The SMILES string of the molecule is CC(Nc1ccc(C(=O)Nc2ccc3oc(=O)n(CCN(C)C)c3c2)cc1[N+](=O)[O-])c1ccccn1. The van der Waals surface area contributed by atoms with Gasteiger partial charge < -0.3 is 20.0 Å². The smallest absolute Gasteiger partial charge is 0.408 e. The van der Waals surface area contributed by atoms with E-state index in [1.807, 2.05) is 38.1 Å². The standard InChI is InChI=1S/C25H26N6O5/c1-16(19-6-4-5-11-26-19)27-20-9-7-17(14-21(20)31(34)35)24(32)28-18-8-10-23-22(15-18)30(25(33)36-23)13-12-29(2)3/h4-11,14-16,27H,12-13H2,1-3H3,(H,28,32). The second-order valence-electron chi connectivity index (χ2n) is 8.57. The van der Waals surface area contributed by atoms with E-state index in [1.165, 1.54) is 22.8 Å². The minimum Gasteiger partial charge on any atom is -0.408 e. The van der Waals surface area contributed by atoms with Gasteiger partial charge in [0.05, 0.1) is 22.2 Å². The van der Waals surface area contributed by atoms with Crippen molar-refractivity contribution in [2.45, 2.75) is 19.5 Å². The first kappa shape index (κ1) is 24.6. The summed E-state index contributed by atoms with van der Waals surface area (Å²) in [5, 5.41) is 17.6. The van der Waals surface area contributed by atoms with Crippen LogP contribution in [0.2, 0.25) is 0 Å². The largest absolute Gasteiger partial charge is 0.419 e. The molecule has 4 rings (SSSR count). The number of fused-ring (bicyclic) bond motifs is 1. The average molecular weight is 491 g/mol. The van der Waals surface area contributed by atoms with Gasteiger partial charge in [-0.1, -0.05) is 6.07 Å². The molecule has 2 aromatic heterocycles. The number of carbonyl (C=O) groups is 1. The van der Waals surface area contributed by atoms with Crippen LogP contribution in [0.1, 0.15) is 29.0 Å². The van der Waals surface area contributed by atoms with E-state index < -0.39 is 16.6 Å². The predicted octanol–water partition coefficient (Wildman–Crippen LogP) is 3.88. The average Bonchev–Trinajstić information content (AvgIpc) is 3.17. The molecule has 0 saturated carbocycles. The Morgan fingerprint density at radius 2 is 2.00 bits per heavy atom. The van der Waals surface area contributed by atoms with Gasteiger partial charge in [0, 0.05) is 36.6 Å². The van der Waals surface area contributed by atoms with Crippen molar-refractivity contribution in [2.75, 3.05) is 31.3 Å². The summed E-state index contributed by atoms with van der Waals surface area (Å²) in [7, 11) is 3.80. The molecule has 36 heavy (non-hydrogen) atoms. The molecule has 11 heteroatoms. The molecular weight excluding hydrogens is 464 g/mol. The minimum atomic E-state index is -0.536. The Balaban J connectivity index is 1.56. The fourth-order valence-corrected chi connectivity index (χ4v) is 3.74. The number of hydrogen-bond acceptors (Lipinski definition) is 8.